The number of nitrogens with zero attached hydrogens (tertiary/aromatic N) is 2. The number of amides is 1. The molecule has 0 aromatic heterocycles. The molecule has 36 heavy (non-hydrogen) atoms. The van der Waals surface area contributed by atoms with Crippen molar-refractivity contribution in [1.29, 1.82) is 0 Å². The van der Waals surface area contributed by atoms with E-state index in [-0.39, 0.29) is 23.6 Å². The number of aliphatic hydroxyl groups excluding tert-OH is 1. The lowest BCUT2D eigenvalue weighted by Gasteiger charge is -2.28. The molecule has 5 rings (SSSR count). The van der Waals surface area contributed by atoms with Gasteiger partial charge >= 0.3 is 0 Å². The Morgan fingerprint density at radius 3 is 2.50 bits per heavy atom. The van der Waals surface area contributed by atoms with Gasteiger partial charge in [0, 0.05) is 24.2 Å². The Morgan fingerprint density at radius 2 is 1.78 bits per heavy atom. The minimum Gasteiger partial charge on any atom is -0.508 e. The minimum absolute atomic E-state index is 0.0149. The van der Waals surface area contributed by atoms with Crippen LogP contribution in [0.25, 0.3) is 5.76 Å². The monoisotopic (exact) mass is 504 g/mol. The van der Waals surface area contributed by atoms with Crippen LogP contribution in [0.1, 0.15) is 22.7 Å². The molecule has 1 amide bonds. The Balaban J connectivity index is 1.56. The summed E-state index contributed by atoms with van der Waals surface area (Å²) in [5.41, 5.74) is 2.81. The standard InChI is InChI=1S/C28H25ClN2O5/c1-30-14-15-36-23-11-6-19(16-22(23)30)26(33)24-25(18-4-9-21(32)10-5-18)31(28(35)27(24)34)13-12-17-2-7-20(29)8-3-17/h2-11,16,25,32-33H,12-15H2,1H3/b26-24-. The minimum atomic E-state index is -0.803. The van der Waals surface area contributed by atoms with Crippen LogP contribution in [0.4, 0.5) is 5.69 Å². The Kier molecular flexibility index (Phi) is 6.33. The molecule has 3 aromatic carbocycles. The second kappa shape index (κ2) is 9.59. The van der Waals surface area contributed by atoms with E-state index in [2.05, 4.69) is 0 Å². The summed E-state index contributed by atoms with van der Waals surface area (Å²) >= 11 is 5.99. The average molecular weight is 505 g/mol. The molecule has 8 heteroatoms. The predicted octanol–water partition coefficient (Wildman–Crippen LogP) is 4.54. The molecule has 7 nitrogen and oxygen atoms in total. The van der Waals surface area contributed by atoms with Crippen LogP contribution in [0.15, 0.2) is 72.3 Å². The molecule has 2 heterocycles. The van der Waals surface area contributed by atoms with Gasteiger partial charge in [-0.1, -0.05) is 35.9 Å². The molecule has 0 spiro atoms. The smallest absolute Gasteiger partial charge is 0.295 e. The molecule has 1 unspecified atom stereocenters. The first-order chi connectivity index (χ1) is 17.3. The summed E-state index contributed by atoms with van der Waals surface area (Å²) in [6.07, 6.45) is 0.500. The summed E-state index contributed by atoms with van der Waals surface area (Å²) < 4.78 is 5.69. The van der Waals surface area contributed by atoms with Gasteiger partial charge in [0.2, 0.25) is 0 Å². The fourth-order valence-electron chi connectivity index (χ4n) is 4.67. The zero-order valence-corrected chi connectivity index (χ0v) is 20.4. The number of aromatic hydroxyl groups is 1. The van der Waals surface area contributed by atoms with E-state index in [0.717, 1.165) is 11.3 Å². The van der Waals surface area contributed by atoms with Crippen molar-refractivity contribution < 1.29 is 24.5 Å². The van der Waals surface area contributed by atoms with Crippen molar-refractivity contribution in [3.8, 4) is 11.5 Å². The number of ketones is 1. The third kappa shape index (κ3) is 4.38. The number of likely N-dealkylation sites (N-methyl/N-ethyl adjacent to an activating group) is 1. The third-order valence-corrected chi connectivity index (χ3v) is 6.88. The lowest BCUT2D eigenvalue weighted by atomic mass is 9.94. The van der Waals surface area contributed by atoms with Crippen LogP contribution in [0.2, 0.25) is 5.02 Å². The van der Waals surface area contributed by atoms with E-state index in [4.69, 9.17) is 16.3 Å². The number of aliphatic hydroxyl groups is 1. The molecule has 0 bridgehead atoms. The topological polar surface area (TPSA) is 90.3 Å². The number of rotatable bonds is 5. The van der Waals surface area contributed by atoms with Gasteiger partial charge in [-0.05, 0) is 60.0 Å². The molecular formula is C28H25ClN2O5. The molecule has 184 valence electrons. The first-order valence-corrected chi connectivity index (χ1v) is 12.0. The number of ether oxygens (including phenoxy) is 1. The summed E-state index contributed by atoms with van der Waals surface area (Å²) in [6.45, 7) is 1.52. The first kappa shape index (κ1) is 23.8. The number of hydrogen-bond acceptors (Lipinski definition) is 6. The molecule has 2 N–H and O–H groups in total. The van der Waals surface area contributed by atoms with Gasteiger partial charge in [0.1, 0.15) is 23.9 Å². The average Bonchev–Trinajstić information content (AvgIpc) is 3.13. The maximum absolute atomic E-state index is 13.3. The number of likely N-dealkylation sites (tertiary alicyclic amines) is 1. The highest BCUT2D eigenvalue weighted by molar-refractivity contribution is 6.46. The highest BCUT2D eigenvalue weighted by Crippen LogP contribution is 2.41. The number of anilines is 1. The zero-order valence-electron chi connectivity index (χ0n) is 19.6. The Bertz CT molecular complexity index is 1350. The normalized spacial score (nSPS) is 18.8. The van der Waals surface area contributed by atoms with E-state index in [1.165, 1.54) is 17.0 Å². The molecule has 3 aromatic rings. The van der Waals surface area contributed by atoms with Gasteiger partial charge in [-0.2, -0.15) is 0 Å². The third-order valence-electron chi connectivity index (χ3n) is 6.63. The Hall–Kier alpha value is -3.97. The van der Waals surface area contributed by atoms with Gasteiger partial charge in [-0.3, -0.25) is 9.59 Å². The number of carbonyl (C=O) groups is 2. The molecule has 2 aliphatic heterocycles. The van der Waals surface area contributed by atoms with Crippen LogP contribution >= 0.6 is 11.6 Å². The molecule has 1 fully saturated rings. The van der Waals surface area contributed by atoms with Gasteiger partial charge in [-0.25, -0.2) is 0 Å². The number of carbonyl (C=O) groups excluding carboxylic acids is 2. The van der Waals surface area contributed by atoms with Crippen molar-refractivity contribution in [3.63, 3.8) is 0 Å². The van der Waals surface area contributed by atoms with Gasteiger partial charge in [-0.15, -0.1) is 0 Å². The van der Waals surface area contributed by atoms with Crippen molar-refractivity contribution in [3.05, 3.63) is 94.0 Å². The Morgan fingerprint density at radius 1 is 1.06 bits per heavy atom. The zero-order chi connectivity index (χ0) is 25.4. The quantitative estimate of drug-likeness (QED) is 0.301. The van der Waals surface area contributed by atoms with Gasteiger partial charge < -0.3 is 24.7 Å². The first-order valence-electron chi connectivity index (χ1n) is 11.6. The second-order valence-corrected chi connectivity index (χ2v) is 9.35. The van der Waals surface area contributed by atoms with Crippen LogP contribution in [-0.2, 0) is 16.0 Å². The van der Waals surface area contributed by atoms with Gasteiger partial charge in [0.05, 0.1) is 23.8 Å². The van der Waals surface area contributed by atoms with Crippen LogP contribution in [0.5, 0.6) is 11.5 Å². The molecule has 0 saturated carbocycles. The number of phenolic OH excluding ortho intramolecular Hbond substituents is 1. The number of Topliss-reactive ketones (excluding diaryl/α,β-unsaturated/α-hetero) is 1. The lowest BCUT2D eigenvalue weighted by molar-refractivity contribution is -0.139. The SMILES string of the molecule is CN1CCOc2ccc(/C(O)=C3/C(=O)C(=O)N(CCc4ccc(Cl)cc4)C3c3ccc(O)cc3)cc21. The number of hydrogen-bond donors (Lipinski definition) is 2. The molecule has 2 aliphatic rings. The summed E-state index contributed by atoms with van der Waals surface area (Å²) in [6, 6.07) is 18.0. The van der Waals surface area contributed by atoms with E-state index in [1.807, 2.05) is 24.1 Å². The van der Waals surface area contributed by atoms with Crippen molar-refractivity contribution in [2.75, 3.05) is 31.6 Å². The number of fused-ring (bicyclic) bond motifs is 1. The van der Waals surface area contributed by atoms with Crippen LogP contribution in [-0.4, -0.2) is 53.5 Å². The highest BCUT2D eigenvalue weighted by atomic mass is 35.5. The van der Waals surface area contributed by atoms with Crippen LogP contribution < -0.4 is 9.64 Å². The number of halogens is 1. The molecule has 0 radical (unpaired) electrons. The number of benzene rings is 3. The largest absolute Gasteiger partial charge is 0.508 e. The lowest BCUT2D eigenvalue weighted by Crippen LogP contribution is -2.31. The van der Waals surface area contributed by atoms with Crippen molar-refractivity contribution in [2.24, 2.45) is 0 Å². The molecule has 1 saturated heterocycles. The van der Waals surface area contributed by atoms with Crippen LogP contribution in [0.3, 0.4) is 0 Å². The molecule has 0 aliphatic carbocycles. The molecule has 1 atom stereocenters. The van der Waals surface area contributed by atoms with E-state index in [0.29, 0.717) is 41.5 Å². The maximum atomic E-state index is 13.3. The van der Waals surface area contributed by atoms with Gasteiger partial charge in [0.25, 0.3) is 11.7 Å². The predicted molar refractivity (Wildman–Crippen MR) is 137 cm³/mol. The maximum Gasteiger partial charge on any atom is 0.295 e. The van der Waals surface area contributed by atoms with Crippen LogP contribution in [0, 0.1) is 0 Å². The van der Waals surface area contributed by atoms with E-state index >= 15 is 0 Å². The second-order valence-electron chi connectivity index (χ2n) is 8.91. The highest BCUT2D eigenvalue weighted by Gasteiger charge is 2.46. The van der Waals surface area contributed by atoms with Crippen molar-refractivity contribution in [2.45, 2.75) is 12.5 Å². The summed E-state index contributed by atoms with van der Waals surface area (Å²) in [5, 5.41) is 21.8. The van der Waals surface area contributed by atoms with E-state index < -0.39 is 17.7 Å². The Labute approximate surface area is 213 Å². The van der Waals surface area contributed by atoms with Crippen molar-refractivity contribution >= 4 is 34.7 Å². The van der Waals surface area contributed by atoms with E-state index in [1.54, 1.807) is 42.5 Å². The fraction of sp³-hybridized carbons (Fsp3) is 0.214. The summed E-state index contributed by atoms with van der Waals surface area (Å²) in [5.74, 6) is -0.915. The van der Waals surface area contributed by atoms with E-state index in [9.17, 15) is 19.8 Å². The number of phenols is 1. The molecular weight excluding hydrogens is 480 g/mol. The summed E-state index contributed by atoms with van der Waals surface area (Å²) in [4.78, 5) is 30.0. The summed E-state index contributed by atoms with van der Waals surface area (Å²) in [7, 11) is 1.93. The van der Waals surface area contributed by atoms with Crippen molar-refractivity contribution in [1.82, 2.24) is 4.90 Å². The van der Waals surface area contributed by atoms with Gasteiger partial charge in [0.15, 0.2) is 0 Å². The fourth-order valence-corrected chi connectivity index (χ4v) is 4.79.